The highest BCUT2D eigenvalue weighted by molar-refractivity contribution is 5.71. The average Bonchev–Trinajstić information content (AvgIpc) is 3.22. The van der Waals surface area contributed by atoms with E-state index in [2.05, 4.69) is 19.7 Å². The normalized spacial score (nSPS) is 10.9. The second-order valence-corrected chi connectivity index (χ2v) is 12.3. The van der Waals surface area contributed by atoms with Crippen LogP contribution >= 0.6 is 0 Å². The number of carbonyl (C=O) groups is 4. The molecule has 0 spiro atoms. The molecule has 0 aromatic carbocycles. The molecule has 0 aliphatic rings. The molecule has 336 valence electrons. The van der Waals surface area contributed by atoms with Gasteiger partial charge >= 0.3 is 23.9 Å². The molecule has 1 N–H and O–H groups in total. The fourth-order valence-electron chi connectivity index (χ4n) is 4.88. The molecule has 58 heavy (non-hydrogen) atoms. The Morgan fingerprint density at radius 2 is 0.655 bits per heavy atom. The van der Waals surface area contributed by atoms with Gasteiger partial charge in [-0.15, -0.1) is 0 Å². The van der Waals surface area contributed by atoms with Gasteiger partial charge in [-0.25, -0.2) is 0 Å². The first-order chi connectivity index (χ1) is 28.4. The Balaban J connectivity index is 4.87. The van der Waals surface area contributed by atoms with Gasteiger partial charge in [-0.1, -0.05) is 32.6 Å². The van der Waals surface area contributed by atoms with E-state index < -0.39 is 0 Å². The summed E-state index contributed by atoms with van der Waals surface area (Å²) in [7, 11) is 0. The van der Waals surface area contributed by atoms with Gasteiger partial charge in [0.2, 0.25) is 0 Å². The summed E-state index contributed by atoms with van der Waals surface area (Å²) in [6.07, 6.45) is 8.01. The van der Waals surface area contributed by atoms with Crippen LogP contribution < -0.4 is 0 Å². The lowest BCUT2D eigenvalue weighted by molar-refractivity contribution is -0.147. The van der Waals surface area contributed by atoms with Crippen LogP contribution in [0.3, 0.4) is 0 Å². The monoisotopic (exact) mass is 834 g/mol. The number of unbranched alkanes of at least 4 members (excludes halogenated alkanes) is 3. The van der Waals surface area contributed by atoms with Crippen molar-refractivity contribution in [2.24, 2.45) is 0 Å². The summed E-state index contributed by atoms with van der Waals surface area (Å²) in [6, 6.07) is 0. The van der Waals surface area contributed by atoms with Crippen LogP contribution in [-0.4, -0.2) is 184 Å². The van der Waals surface area contributed by atoms with E-state index in [4.69, 9.17) is 57.2 Å². The van der Waals surface area contributed by atoms with Crippen LogP contribution in [0, 0.1) is 0 Å². The largest absolute Gasteiger partial charge is 0.499 e. The molecule has 0 heterocycles. The van der Waals surface area contributed by atoms with Crippen molar-refractivity contribution in [3.05, 3.63) is 38.5 Å². The summed E-state index contributed by atoms with van der Waals surface area (Å²) >= 11 is 0. The highest BCUT2D eigenvalue weighted by Gasteiger charge is 2.15. The number of carbonyl (C=O) groups excluding carboxylic acids is 4. The molecule has 18 heteroatoms. The zero-order chi connectivity index (χ0) is 42.6. The SMILES string of the molecule is C=COCCOCCOC(=O)CCN(CCCCCCN(CCC(=O)OCCOCCOC=C)CCC(=O)OCCOCCOC=C)CCC(=O)OCCOCCO. The van der Waals surface area contributed by atoms with Gasteiger partial charge in [-0.2, -0.15) is 0 Å². The number of nitrogens with zero attached hydrogens (tertiary/aromatic N) is 2. The fourth-order valence-corrected chi connectivity index (χ4v) is 4.88. The van der Waals surface area contributed by atoms with Crippen molar-refractivity contribution in [1.82, 2.24) is 9.80 Å². The highest BCUT2D eigenvalue weighted by Crippen LogP contribution is 2.08. The van der Waals surface area contributed by atoms with Crippen molar-refractivity contribution < 1.29 is 76.4 Å². The van der Waals surface area contributed by atoms with E-state index in [1.54, 1.807) is 0 Å². The summed E-state index contributed by atoms with van der Waals surface area (Å²) in [5.41, 5.74) is 0. The Hall–Kier alpha value is -3.78. The second-order valence-electron chi connectivity index (χ2n) is 12.3. The first-order valence-electron chi connectivity index (χ1n) is 20.0. The summed E-state index contributed by atoms with van der Waals surface area (Å²) in [5, 5.41) is 8.81. The maximum absolute atomic E-state index is 12.4. The number of esters is 4. The van der Waals surface area contributed by atoms with Crippen LogP contribution in [0.1, 0.15) is 51.4 Å². The van der Waals surface area contributed by atoms with E-state index in [0.29, 0.717) is 78.9 Å². The molecule has 0 rings (SSSR count). The first kappa shape index (κ1) is 54.2. The molecule has 0 bridgehead atoms. The van der Waals surface area contributed by atoms with E-state index in [-0.39, 0.29) is 116 Å². The molecule has 0 saturated carbocycles. The Morgan fingerprint density at radius 1 is 0.379 bits per heavy atom. The van der Waals surface area contributed by atoms with Gasteiger partial charge < -0.3 is 67.0 Å². The van der Waals surface area contributed by atoms with Crippen molar-refractivity contribution in [2.45, 2.75) is 51.4 Å². The number of hydrogen-bond acceptors (Lipinski definition) is 18. The van der Waals surface area contributed by atoms with Gasteiger partial charge in [0.25, 0.3) is 0 Å². The Bertz CT molecular complexity index is 1010. The smallest absolute Gasteiger partial charge is 0.307 e. The van der Waals surface area contributed by atoms with Gasteiger partial charge in [0, 0.05) is 26.2 Å². The van der Waals surface area contributed by atoms with Crippen molar-refractivity contribution in [2.75, 3.05) is 145 Å². The summed E-state index contributed by atoms with van der Waals surface area (Å²) in [4.78, 5) is 53.6. The van der Waals surface area contributed by atoms with E-state index in [9.17, 15) is 19.2 Å². The molecule has 0 aromatic heterocycles. The molecule has 0 fully saturated rings. The van der Waals surface area contributed by atoms with Crippen molar-refractivity contribution in [1.29, 1.82) is 0 Å². The summed E-state index contributed by atoms with van der Waals surface area (Å²) in [5.74, 6) is -1.46. The summed E-state index contributed by atoms with van der Waals surface area (Å²) in [6.45, 7) is 17.0. The maximum Gasteiger partial charge on any atom is 0.307 e. The zero-order valence-corrected chi connectivity index (χ0v) is 34.5. The highest BCUT2D eigenvalue weighted by atomic mass is 16.6. The number of rotatable bonds is 45. The van der Waals surface area contributed by atoms with E-state index in [0.717, 1.165) is 25.7 Å². The van der Waals surface area contributed by atoms with Crippen LogP contribution in [0.25, 0.3) is 0 Å². The molecule has 18 nitrogen and oxygen atoms in total. The fraction of sp³-hybridized carbons (Fsp3) is 0.750. The lowest BCUT2D eigenvalue weighted by Gasteiger charge is -2.23. The van der Waals surface area contributed by atoms with Gasteiger partial charge in [0.15, 0.2) is 0 Å². The number of aliphatic hydroxyl groups excluding tert-OH is 1. The van der Waals surface area contributed by atoms with E-state index in [1.165, 1.54) is 18.8 Å². The minimum absolute atomic E-state index is 0.0933. The standard InChI is InChI=1S/C40H70N2O16/c1-4-48-23-26-52-30-34-56-38(45)12-18-41(17-11-37(44)55-33-29-51-22-21-43)15-9-7-8-10-16-42(19-13-39(46)57-35-31-53-27-24-49-5-2)20-14-40(47)58-36-32-54-28-25-50-6-3/h4-6,43H,1-3,7-36H2. The van der Waals surface area contributed by atoms with Crippen molar-refractivity contribution in [3.8, 4) is 0 Å². The Kier molecular flexibility index (Phi) is 40.0. The number of ether oxygens (including phenoxy) is 11. The van der Waals surface area contributed by atoms with Crippen LogP contribution in [-0.2, 0) is 71.3 Å². The second kappa shape index (κ2) is 42.8. The molecular weight excluding hydrogens is 764 g/mol. The molecule has 0 unspecified atom stereocenters. The topological polar surface area (TPSA) is 197 Å². The number of aliphatic hydroxyl groups is 1. The predicted molar refractivity (Wildman–Crippen MR) is 212 cm³/mol. The molecule has 0 radical (unpaired) electrons. The molecule has 0 saturated heterocycles. The van der Waals surface area contributed by atoms with Crippen LogP contribution in [0.5, 0.6) is 0 Å². The quantitative estimate of drug-likeness (QED) is 0.0406. The summed E-state index contributed by atoms with van der Waals surface area (Å²) < 4.78 is 57.2. The van der Waals surface area contributed by atoms with Gasteiger partial charge in [0.1, 0.15) is 46.2 Å². The molecule has 0 amide bonds. The lowest BCUT2D eigenvalue weighted by atomic mass is 10.1. The van der Waals surface area contributed by atoms with Crippen LogP contribution in [0.2, 0.25) is 0 Å². The van der Waals surface area contributed by atoms with Crippen LogP contribution in [0.15, 0.2) is 38.5 Å². The maximum atomic E-state index is 12.4. The molecule has 0 aliphatic carbocycles. The Morgan fingerprint density at radius 3 is 0.931 bits per heavy atom. The third-order valence-electron chi connectivity index (χ3n) is 7.82. The lowest BCUT2D eigenvalue weighted by Crippen LogP contribution is -2.31. The third-order valence-corrected chi connectivity index (χ3v) is 7.82. The molecule has 0 aliphatic heterocycles. The van der Waals surface area contributed by atoms with Crippen LogP contribution in [0.4, 0.5) is 0 Å². The minimum Gasteiger partial charge on any atom is -0.499 e. The average molecular weight is 835 g/mol. The van der Waals surface area contributed by atoms with E-state index in [1.807, 2.05) is 9.80 Å². The van der Waals surface area contributed by atoms with E-state index >= 15 is 0 Å². The Labute approximate surface area is 344 Å². The first-order valence-corrected chi connectivity index (χ1v) is 20.0. The van der Waals surface area contributed by atoms with Crippen molar-refractivity contribution >= 4 is 23.9 Å². The predicted octanol–water partition coefficient (Wildman–Crippen LogP) is 2.42. The molecule has 0 atom stereocenters. The van der Waals surface area contributed by atoms with Crippen molar-refractivity contribution in [3.63, 3.8) is 0 Å². The molecule has 0 aromatic rings. The third kappa shape index (κ3) is 39.1. The molecular formula is C40H70N2O16. The number of hydrogen-bond donors (Lipinski definition) is 1. The minimum atomic E-state index is -0.379. The van der Waals surface area contributed by atoms with Gasteiger partial charge in [0.05, 0.1) is 104 Å². The zero-order valence-electron chi connectivity index (χ0n) is 34.5. The van der Waals surface area contributed by atoms with Gasteiger partial charge in [-0.3, -0.25) is 19.2 Å². The van der Waals surface area contributed by atoms with Gasteiger partial charge in [-0.05, 0) is 25.9 Å².